The van der Waals surface area contributed by atoms with Crippen LogP contribution >= 0.6 is 0 Å². The summed E-state index contributed by atoms with van der Waals surface area (Å²) < 4.78 is 0. The lowest BCUT2D eigenvalue weighted by molar-refractivity contribution is 1.82. The van der Waals surface area contributed by atoms with Crippen LogP contribution in [0.4, 0.5) is 0 Å². The highest BCUT2D eigenvalue weighted by Gasteiger charge is 1.64. The second kappa shape index (κ2) is 18.1. The van der Waals surface area contributed by atoms with Gasteiger partial charge in [0, 0.05) is 0 Å². The molecule has 0 aliphatic carbocycles. The summed E-state index contributed by atoms with van der Waals surface area (Å²) in [5.74, 6) is 0. The Kier molecular flexibility index (Phi) is 15.8. The van der Waals surface area contributed by atoms with Gasteiger partial charge in [-0.3, -0.25) is 0 Å². The van der Waals surface area contributed by atoms with Gasteiger partial charge in [-0.15, -0.1) is 0 Å². The molecule has 0 saturated heterocycles. The molecule has 0 aromatic heterocycles. The average Bonchev–Trinajstić information content (AvgIpc) is 2.54. The zero-order chi connectivity index (χ0) is 16.1. The molecular weight excluding hydrogens is 264 g/mol. The lowest BCUT2D eigenvalue weighted by atomic mass is 10.3. The van der Waals surface area contributed by atoms with Gasteiger partial charge >= 0.3 is 0 Å². The fourth-order valence-electron chi connectivity index (χ4n) is 1.17. The van der Waals surface area contributed by atoms with Gasteiger partial charge < -0.3 is 0 Å². The number of hydrogen-bond acceptors (Lipinski definition) is 0. The standard InChI is InChI=1S/C22H23/c1-3-5-7-9-11-13-15-17-19-21-22-20-18-16-14-12-10-8-6-4-2/h1,3-22H,2H2. The molecule has 0 nitrogen and oxygen atoms in total. The van der Waals surface area contributed by atoms with E-state index in [1.807, 2.05) is 103 Å². The summed E-state index contributed by atoms with van der Waals surface area (Å²) in [6, 6.07) is 0. The Morgan fingerprint density at radius 2 is 0.591 bits per heavy atom. The molecule has 0 bridgehead atoms. The van der Waals surface area contributed by atoms with E-state index in [2.05, 4.69) is 6.58 Å². The molecule has 0 heterocycles. The molecule has 0 amide bonds. The van der Waals surface area contributed by atoms with E-state index in [0.29, 0.717) is 0 Å². The summed E-state index contributed by atoms with van der Waals surface area (Å²) >= 11 is 0. The molecule has 0 aliphatic heterocycles. The first-order valence-corrected chi connectivity index (χ1v) is 7.07. The van der Waals surface area contributed by atoms with Gasteiger partial charge in [0.25, 0.3) is 0 Å². The zero-order valence-corrected chi connectivity index (χ0v) is 12.8. The minimum atomic E-state index is 1.50. The third-order valence-corrected chi connectivity index (χ3v) is 2.14. The third kappa shape index (κ3) is 17.1. The Bertz CT molecular complexity index is 489. The summed E-state index contributed by atoms with van der Waals surface area (Å²) in [5.41, 5.74) is 0. The van der Waals surface area contributed by atoms with Gasteiger partial charge in [-0.2, -0.15) is 0 Å². The lowest BCUT2D eigenvalue weighted by Gasteiger charge is -1.75. The van der Waals surface area contributed by atoms with Crippen molar-refractivity contribution in [1.29, 1.82) is 0 Å². The molecule has 0 aliphatic rings. The minimum Gasteiger partial charge on any atom is -0.0991 e. The fourth-order valence-corrected chi connectivity index (χ4v) is 1.17. The van der Waals surface area contributed by atoms with Gasteiger partial charge in [-0.25, -0.2) is 0 Å². The molecule has 0 spiro atoms. The maximum atomic E-state index is 5.20. The Balaban J connectivity index is 3.89. The lowest BCUT2D eigenvalue weighted by Crippen LogP contribution is -1.54. The van der Waals surface area contributed by atoms with Gasteiger partial charge in [0.05, 0.1) is 0 Å². The summed E-state index contributed by atoms with van der Waals surface area (Å²) in [5, 5.41) is 0. The van der Waals surface area contributed by atoms with E-state index in [-0.39, 0.29) is 0 Å². The van der Waals surface area contributed by atoms with Crippen molar-refractivity contribution in [2.45, 2.75) is 0 Å². The Labute approximate surface area is 135 Å². The van der Waals surface area contributed by atoms with E-state index in [1.54, 1.807) is 12.2 Å². The molecule has 0 unspecified atom stereocenters. The van der Waals surface area contributed by atoms with Crippen molar-refractivity contribution in [3.8, 4) is 0 Å². The van der Waals surface area contributed by atoms with Crippen LogP contribution in [0.1, 0.15) is 0 Å². The second-order valence-corrected chi connectivity index (χ2v) is 3.89. The maximum Gasteiger partial charge on any atom is -0.0623 e. The number of rotatable bonds is 10. The predicted octanol–water partition coefficient (Wildman–Crippen LogP) is 6.17. The molecule has 22 heavy (non-hydrogen) atoms. The predicted molar refractivity (Wildman–Crippen MR) is 101 cm³/mol. The highest BCUT2D eigenvalue weighted by atomic mass is 13.7. The van der Waals surface area contributed by atoms with Gasteiger partial charge in [0.2, 0.25) is 0 Å². The molecular formula is C22H23. The van der Waals surface area contributed by atoms with Crippen LogP contribution in [-0.4, -0.2) is 0 Å². The van der Waals surface area contributed by atoms with Crippen molar-refractivity contribution in [3.63, 3.8) is 0 Å². The molecule has 0 heteroatoms. The van der Waals surface area contributed by atoms with Crippen molar-refractivity contribution in [1.82, 2.24) is 0 Å². The largest absolute Gasteiger partial charge is 0.0991 e. The van der Waals surface area contributed by atoms with Crippen molar-refractivity contribution in [3.05, 3.63) is 135 Å². The van der Waals surface area contributed by atoms with Crippen LogP contribution < -0.4 is 0 Å². The van der Waals surface area contributed by atoms with Gasteiger partial charge in [-0.1, -0.05) is 135 Å². The monoisotopic (exact) mass is 287 g/mol. The van der Waals surface area contributed by atoms with E-state index in [9.17, 15) is 0 Å². The quantitative estimate of drug-likeness (QED) is 0.422. The molecule has 0 saturated carbocycles. The highest BCUT2D eigenvalue weighted by Crippen LogP contribution is 1.86. The van der Waals surface area contributed by atoms with E-state index in [0.717, 1.165) is 0 Å². The number of hydrogen-bond donors (Lipinski definition) is 0. The smallest absolute Gasteiger partial charge is 0.0623 e. The second-order valence-electron chi connectivity index (χ2n) is 3.89. The highest BCUT2D eigenvalue weighted by molar-refractivity contribution is 5.22. The Hall–Kier alpha value is -2.86. The van der Waals surface area contributed by atoms with Gasteiger partial charge in [0.15, 0.2) is 0 Å². The van der Waals surface area contributed by atoms with E-state index in [4.69, 9.17) is 6.58 Å². The molecule has 0 N–H and O–H groups in total. The fraction of sp³-hybridized carbons (Fsp3) is 0. The third-order valence-electron chi connectivity index (χ3n) is 2.14. The van der Waals surface area contributed by atoms with Crippen molar-refractivity contribution >= 4 is 0 Å². The molecule has 0 rings (SSSR count). The molecule has 0 atom stereocenters. The van der Waals surface area contributed by atoms with E-state index in [1.165, 1.54) is 6.08 Å². The topological polar surface area (TPSA) is 0 Å². The first kappa shape index (κ1) is 19.1. The summed E-state index contributed by atoms with van der Waals surface area (Å²) in [7, 11) is 0. The van der Waals surface area contributed by atoms with Crippen LogP contribution in [0.2, 0.25) is 0 Å². The zero-order valence-electron chi connectivity index (χ0n) is 12.8. The van der Waals surface area contributed by atoms with Crippen LogP contribution in [0, 0.1) is 6.58 Å². The first-order chi connectivity index (χ1) is 10.9. The number of allylic oxidation sites excluding steroid dienone is 20. The van der Waals surface area contributed by atoms with Crippen molar-refractivity contribution < 1.29 is 0 Å². The Morgan fingerprint density at radius 3 is 0.818 bits per heavy atom. The van der Waals surface area contributed by atoms with Gasteiger partial charge in [0.1, 0.15) is 0 Å². The first-order valence-electron chi connectivity index (χ1n) is 7.07. The molecule has 0 aromatic carbocycles. The van der Waals surface area contributed by atoms with E-state index < -0.39 is 0 Å². The molecule has 1 radical (unpaired) electrons. The summed E-state index contributed by atoms with van der Waals surface area (Å²) in [6.45, 7) is 8.80. The SMILES string of the molecule is [CH]=CC=CC=CC=CC=CC=CC=CC=CC=CC=CC=C. The van der Waals surface area contributed by atoms with Crippen LogP contribution in [0.25, 0.3) is 0 Å². The molecule has 0 aromatic rings. The summed E-state index contributed by atoms with van der Waals surface area (Å²) in [6.07, 6.45) is 38.2. The average molecular weight is 287 g/mol. The van der Waals surface area contributed by atoms with Crippen LogP contribution in [-0.2, 0) is 0 Å². The maximum absolute atomic E-state index is 5.20. The van der Waals surface area contributed by atoms with Crippen LogP contribution in [0.15, 0.2) is 128 Å². The summed E-state index contributed by atoms with van der Waals surface area (Å²) in [4.78, 5) is 0. The minimum absolute atomic E-state index is 1.50. The molecule has 111 valence electrons. The normalized spacial score (nSPS) is 14.0. The Morgan fingerprint density at radius 1 is 0.364 bits per heavy atom. The van der Waals surface area contributed by atoms with Gasteiger partial charge in [-0.05, 0) is 0 Å². The molecule has 0 fully saturated rings. The van der Waals surface area contributed by atoms with Crippen molar-refractivity contribution in [2.24, 2.45) is 0 Å². The van der Waals surface area contributed by atoms with Crippen LogP contribution in [0.3, 0.4) is 0 Å². The van der Waals surface area contributed by atoms with E-state index >= 15 is 0 Å². The van der Waals surface area contributed by atoms with Crippen LogP contribution in [0.5, 0.6) is 0 Å². The van der Waals surface area contributed by atoms with Crippen molar-refractivity contribution in [2.75, 3.05) is 0 Å².